The van der Waals surface area contributed by atoms with Crippen molar-refractivity contribution in [2.45, 2.75) is 13.8 Å². The number of hydrogen-bond acceptors (Lipinski definition) is 6. The first-order valence-electron chi connectivity index (χ1n) is 6.98. The van der Waals surface area contributed by atoms with E-state index in [4.69, 9.17) is 13.7 Å². The van der Waals surface area contributed by atoms with E-state index in [2.05, 4.69) is 4.89 Å². The van der Waals surface area contributed by atoms with E-state index < -0.39 is 19.7 Å². The topological polar surface area (TPSA) is 71.1 Å². The lowest BCUT2D eigenvalue weighted by Gasteiger charge is -2.17. The van der Waals surface area contributed by atoms with E-state index in [1.54, 1.807) is 74.5 Å². The van der Waals surface area contributed by atoms with Crippen molar-refractivity contribution in [3.8, 4) is 11.5 Å². The molecule has 0 fully saturated rings. The molecule has 0 aromatic heterocycles. The minimum Gasteiger partial charge on any atom is -0.393 e. The van der Waals surface area contributed by atoms with Crippen LogP contribution in [-0.2, 0) is 18.9 Å². The van der Waals surface area contributed by atoms with Gasteiger partial charge in [0, 0.05) is 0 Å². The molecule has 0 amide bonds. The lowest BCUT2D eigenvalue weighted by atomic mass is 10.2. The molecule has 0 aliphatic rings. The molecule has 2 aromatic rings. The number of carbonyl (C=O) groups excluding carboxylic acids is 1. The van der Waals surface area contributed by atoms with Gasteiger partial charge in [-0.05, 0) is 24.3 Å². The summed E-state index contributed by atoms with van der Waals surface area (Å²) in [4.78, 5) is 16.1. The summed E-state index contributed by atoms with van der Waals surface area (Å²) in [5.74, 6) is -0.616. The Bertz CT molecular complexity index is 626. The van der Waals surface area contributed by atoms with Gasteiger partial charge in [-0.25, -0.2) is 9.36 Å². The highest BCUT2D eigenvalue weighted by atomic mass is 31.2. The molecule has 2 rings (SSSR count). The second-order valence-electron chi connectivity index (χ2n) is 4.89. The summed E-state index contributed by atoms with van der Waals surface area (Å²) in [6, 6.07) is 16.6. The molecule has 0 radical (unpaired) electrons. The van der Waals surface area contributed by atoms with Gasteiger partial charge in [0.1, 0.15) is 11.5 Å². The Labute approximate surface area is 134 Å². The van der Waals surface area contributed by atoms with Crippen LogP contribution in [0.1, 0.15) is 13.8 Å². The first kappa shape index (κ1) is 17.1. The normalized spacial score (nSPS) is 11.1. The summed E-state index contributed by atoms with van der Waals surface area (Å²) in [6.45, 7) is 3.24. The van der Waals surface area contributed by atoms with Gasteiger partial charge in [-0.3, -0.25) is 4.89 Å². The number of rotatable bonds is 7. The van der Waals surface area contributed by atoms with Gasteiger partial charge in [-0.1, -0.05) is 54.9 Å². The zero-order valence-electron chi connectivity index (χ0n) is 12.7. The third-order valence-corrected chi connectivity index (χ3v) is 3.73. The molecule has 0 heterocycles. The lowest BCUT2D eigenvalue weighted by Crippen LogP contribution is -2.14. The lowest BCUT2D eigenvalue weighted by molar-refractivity contribution is -0.224. The number of phosphoric acid groups is 1. The van der Waals surface area contributed by atoms with Crippen LogP contribution in [0.2, 0.25) is 0 Å². The van der Waals surface area contributed by atoms with Gasteiger partial charge >= 0.3 is 13.8 Å². The maximum atomic E-state index is 12.7. The van der Waals surface area contributed by atoms with Crippen molar-refractivity contribution >= 4 is 13.8 Å². The highest BCUT2D eigenvalue weighted by molar-refractivity contribution is 7.49. The Hall–Kier alpha value is -2.30. The monoisotopic (exact) mass is 336 g/mol. The molecular formula is C16H17O6P. The van der Waals surface area contributed by atoms with Crippen LogP contribution >= 0.6 is 7.82 Å². The van der Waals surface area contributed by atoms with E-state index in [-0.39, 0.29) is 11.5 Å². The molecule has 0 spiro atoms. The number of carbonyl (C=O) groups is 1. The zero-order chi connectivity index (χ0) is 16.7. The largest absolute Gasteiger partial charge is 0.625 e. The smallest absolute Gasteiger partial charge is 0.393 e. The SMILES string of the molecule is CC(C)C(=O)OOP(=O)(Oc1ccccc1)Oc1ccccc1. The van der Waals surface area contributed by atoms with Crippen molar-refractivity contribution in [2.75, 3.05) is 0 Å². The molecule has 0 N–H and O–H groups in total. The second kappa shape index (κ2) is 7.81. The number of benzene rings is 2. The summed E-state index contributed by atoms with van der Waals surface area (Å²) in [6.07, 6.45) is 0. The van der Waals surface area contributed by atoms with Gasteiger partial charge in [0.15, 0.2) is 0 Å². The third kappa shape index (κ3) is 5.43. The van der Waals surface area contributed by atoms with E-state index >= 15 is 0 Å². The van der Waals surface area contributed by atoms with E-state index in [9.17, 15) is 9.36 Å². The van der Waals surface area contributed by atoms with Crippen LogP contribution in [0.5, 0.6) is 11.5 Å². The maximum absolute atomic E-state index is 12.7. The Balaban J connectivity index is 2.15. The first-order chi connectivity index (χ1) is 11.0. The molecular weight excluding hydrogens is 319 g/mol. The molecule has 23 heavy (non-hydrogen) atoms. The van der Waals surface area contributed by atoms with Crippen LogP contribution in [0, 0.1) is 5.92 Å². The van der Waals surface area contributed by atoms with Gasteiger partial charge in [-0.15, -0.1) is 0 Å². The Morgan fingerprint density at radius 2 is 1.30 bits per heavy atom. The highest BCUT2D eigenvalue weighted by Gasteiger charge is 2.35. The summed E-state index contributed by atoms with van der Waals surface area (Å²) in [5, 5.41) is 0. The van der Waals surface area contributed by atoms with Crippen LogP contribution in [-0.4, -0.2) is 5.97 Å². The van der Waals surface area contributed by atoms with Crippen LogP contribution in [0.3, 0.4) is 0 Å². The molecule has 0 atom stereocenters. The van der Waals surface area contributed by atoms with E-state index in [0.717, 1.165) is 0 Å². The van der Waals surface area contributed by atoms with Gasteiger partial charge < -0.3 is 9.05 Å². The van der Waals surface area contributed by atoms with Crippen molar-refractivity contribution in [3.63, 3.8) is 0 Å². The first-order valence-corrected chi connectivity index (χ1v) is 8.44. The maximum Gasteiger partial charge on any atom is 0.625 e. The van der Waals surface area contributed by atoms with E-state index in [0.29, 0.717) is 0 Å². The van der Waals surface area contributed by atoms with Gasteiger partial charge in [-0.2, -0.15) is 0 Å². The molecule has 0 aliphatic carbocycles. The van der Waals surface area contributed by atoms with Crippen molar-refractivity contribution < 1.29 is 28.0 Å². The molecule has 6 nitrogen and oxygen atoms in total. The average Bonchev–Trinajstić information content (AvgIpc) is 2.54. The van der Waals surface area contributed by atoms with Crippen LogP contribution in [0.15, 0.2) is 60.7 Å². The fraction of sp³-hybridized carbons (Fsp3) is 0.188. The van der Waals surface area contributed by atoms with Crippen LogP contribution < -0.4 is 9.05 Å². The molecule has 0 saturated carbocycles. The molecule has 0 aliphatic heterocycles. The molecule has 0 unspecified atom stereocenters. The minimum absolute atomic E-state index is 0.257. The summed E-state index contributed by atoms with van der Waals surface area (Å²) < 4.78 is 28.0. The molecule has 0 saturated heterocycles. The quantitative estimate of drug-likeness (QED) is 0.424. The van der Waals surface area contributed by atoms with Crippen molar-refractivity contribution in [1.29, 1.82) is 0 Å². The fourth-order valence-corrected chi connectivity index (χ4v) is 2.47. The van der Waals surface area contributed by atoms with Gasteiger partial charge in [0.2, 0.25) is 0 Å². The summed E-state index contributed by atoms with van der Waals surface area (Å²) in [5.41, 5.74) is 0. The molecule has 2 aromatic carbocycles. The molecule has 122 valence electrons. The minimum atomic E-state index is -4.20. The number of hydrogen-bond donors (Lipinski definition) is 0. The van der Waals surface area contributed by atoms with Gasteiger partial charge in [0.25, 0.3) is 0 Å². The highest BCUT2D eigenvalue weighted by Crippen LogP contribution is 2.49. The summed E-state index contributed by atoms with van der Waals surface area (Å²) in [7, 11) is -4.20. The molecule has 0 bridgehead atoms. The van der Waals surface area contributed by atoms with Crippen molar-refractivity contribution in [2.24, 2.45) is 5.92 Å². The van der Waals surface area contributed by atoms with Gasteiger partial charge in [0.05, 0.1) is 5.92 Å². The Morgan fingerprint density at radius 3 is 1.70 bits per heavy atom. The standard InChI is InChI=1S/C16H17O6P/c1-13(2)16(17)19-22-23(18,20-14-9-5-3-6-10-14)21-15-11-7-4-8-12-15/h3-13H,1-2H3. The van der Waals surface area contributed by atoms with Crippen molar-refractivity contribution in [1.82, 2.24) is 0 Å². The second-order valence-corrected chi connectivity index (χ2v) is 6.30. The zero-order valence-corrected chi connectivity index (χ0v) is 13.6. The Morgan fingerprint density at radius 1 is 0.870 bits per heavy atom. The average molecular weight is 336 g/mol. The third-order valence-electron chi connectivity index (χ3n) is 2.60. The summed E-state index contributed by atoms with van der Waals surface area (Å²) >= 11 is 0. The number of phosphoric ester groups is 1. The van der Waals surface area contributed by atoms with Crippen molar-refractivity contribution in [3.05, 3.63) is 60.7 Å². The predicted octanol–water partition coefficient (Wildman–Crippen LogP) is 4.38. The van der Waals surface area contributed by atoms with Crippen LogP contribution in [0.25, 0.3) is 0 Å². The predicted molar refractivity (Wildman–Crippen MR) is 83.8 cm³/mol. The molecule has 7 heteroatoms. The number of para-hydroxylation sites is 2. The Kier molecular flexibility index (Phi) is 5.79. The fourth-order valence-electron chi connectivity index (χ4n) is 1.45. The van der Waals surface area contributed by atoms with E-state index in [1.807, 2.05) is 0 Å². The van der Waals surface area contributed by atoms with E-state index in [1.165, 1.54) is 0 Å². The van der Waals surface area contributed by atoms with Crippen LogP contribution in [0.4, 0.5) is 0 Å².